The largest absolute Gasteiger partial charge is 0.398 e. The van der Waals surface area contributed by atoms with E-state index < -0.39 is 0 Å². The molecule has 1 aromatic carbocycles. The van der Waals surface area contributed by atoms with E-state index in [9.17, 15) is 0 Å². The zero-order valence-electron chi connectivity index (χ0n) is 9.49. The Morgan fingerprint density at radius 3 is 2.80 bits per heavy atom. The van der Waals surface area contributed by atoms with Crippen molar-refractivity contribution in [1.29, 1.82) is 0 Å². The zero-order valence-corrected chi connectivity index (χ0v) is 9.49. The average Bonchev–Trinajstić information content (AvgIpc) is 2.43. The number of hydrogen-bond donors (Lipinski definition) is 1. The lowest BCUT2D eigenvalue weighted by Crippen LogP contribution is -2.03. The summed E-state index contributed by atoms with van der Waals surface area (Å²) in [4.78, 5) is 0. The van der Waals surface area contributed by atoms with Gasteiger partial charge in [-0.1, -0.05) is 19.9 Å². The summed E-state index contributed by atoms with van der Waals surface area (Å²) in [5.74, 6) is 0.614. The van der Waals surface area contributed by atoms with Crippen LogP contribution in [0.1, 0.15) is 19.5 Å². The number of anilines is 1. The van der Waals surface area contributed by atoms with E-state index >= 15 is 0 Å². The number of aromatic nitrogens is 2. The molecule has 2 N–H and O–H groups in total. The maximum Gasteiger partial charge on any atom is 0.0946 e. The van der Waals surface area contributed by atoms with E-state index in [0.29, 0.717) is 5.92 Å². The highest BCUT2D eigenvalue weighted by molar-refractivity contribution is 5.92. The van der Waals surface area contributed by atoms with Crippen molar-refractivity contribution >= 4 is 16.6 Å². The summed E-state index contributed by atoms with van der Waals surface area (Å²) in [5, 5.41) is 5.58. The molecule has 2 aromatic rings. The van der Waals surface area contributed by atoms with Gasteiger partial charge in [-0.2, -0.15) is 5.10 Å². The second-order valence-corrected chi connectivity index (χ2v) is 4.41. The topological polar surface area (TPSA) is 43.8 Å². The Labute approximate surface area is 89.9 Å². The van der Waals surface area contributed by atoms with Crippen LogP contribution in [0.3, 0.4) is 0 Å². The Balaban J connectivity index is 2.65. The van der Waals surface area contributed by atoms with Gasteiger partial charge in [-0.25, -0.2) is 0 Å². The van der Waals surface area contributed by atoms with Crippen LogP contribution in [0.5, 0.6) is 0 Å². The standard InChI is InChI=1S/C12H17N3/c1-8(2)7-11-12-9(13)5-4-6-10(12)14-15(11)3/h4-6,8H,7,13H2,1-3H3. The molecule has 80 valence electrons. The van der Waals surface area contributed by atoms with E-state index in [1.807, 2.05) is 29.9 Å². The van der Waals surface area contributed by atoms with Crippen molar-refractivity contribution in [3.8, 4) is 0 Å². The molecule has 3 heteroatoms. The fourth-order valence-electron chi connectivity index (χ4n) is 1.96. The summed E-state index contributed by atoms with van der Waals surface area (Å²) in [5.41, 5.74) is 9.05. The number of benzene rings is 1. The quantitative estimate of drug-likeness (QED) is 0.761. The monoisotopic (exact) mass is 203 g/mol. The first-order valence-corrected chi connectivity index (χ1v) is 5.29. The van der Waals surface area contributed by atoms with E-state index in [2.05, 4.69) is 18.9 Å². The van der Waals surface area contributed by atoms with Crippen molar-refractivity contribution < 1.29 is 0 Å². The molecule has 0 aliphatic rings. The third-order valence-corrected chi connectivity index (χ3v) is 2.61. The molecule has 1 heterocycles. The van der Waals surface area contributed by atoms with Gasteiger partial charge in [0.1, 0.15) is 0 Å². The van der Waals surface area contributed by atoms with E-state index in [1.165, 1.54) is 5.69 Å². The van der Waals surface area contributed by atoms with Gasteiger partial charge in [0, 0.05) is 23.8 Å². The molecule has 0 unspecified atom stereocenters. The maximum atomic E-state index is 5.99. The average molecular weight is 203 g/mol. The van der Waals surface area contributed by atoms with Gasteiger partial charge in [-0.15, -0.1) is 0 Å². The summed E-state index contributed by atoms with van der Waals surface area (Å²) >= 11 is 0. The second-order valence-electron chi connectivity index (χ2n) is 4.41. The van der Waals surface area contributed by atoms with Crippen LogP contribution < -0.4 is 5.73 Å². The van der Waals surface area contributed by atoms with Crippen LogP contribution in [0.25, 0.3) is 10.9 Å². The number of nitrogens with two attached hydrogens (primary N) is 1. The molecule has 0 radical (unpaired) electrons. The minimum atomic E-state index is 0.614. The summed E-state index contributed by atoms with van der Waals surface area (Å²) < 4.78 is 1.95. The number of fused-ring (bicyclic) bond motifs is 1. The molecule has 0 fully saturated rings. The molecular weight excluding hydrogens is 186 g/mol. The minimum Gasteiger partial charge on any atom is -0.398 e. The summed E-state index contributed by atoms with van der Waals surface area (Å²) in [7, 11) is 1.98. The Morgan fingerprint density at radius 1 is 1.40 bits per heavy atom. The molecule has 2 rings (SSSR count). The maximum absolute atomic E-state index is 5.99. The lowest BCUT2D eigenvalue weighted by molar-refractivity contribution is 0.600. The Morgan fingerprint density at radius 2 is 2.13 bits per heavy atom. The Kier molecular flexibility index (Phi) is 2.39. The van der Waals surface area contributed by atoms with Crippen molar-refractivity contribution in [2.45, 2.75) is 20.3 Å². The van der Waals surface area contributed by atoms with E-state index in [0.717, 1.165) is 23.0 Å². The van der Waals surface area contributed by atoms with Gasteiger partial charge in [0.15, 0.2) is 0 Å². The van der Waals surface area contributed by atoms with Crippen LogP contribution in [0.2, 0.25) is 0 Å². The predicted octanol–water partition coefficient (Wildman–Crippen LogP) is 2.35. The van der Waals surface area contributed by atoms with E-state index in [1.54, 1.807) is 0 Å². The molecule has 3 nitrogen and oxygen atoms in total. The van der Waals surface area contributed by atoms with Gasteiger partial charge in [0.25, 0.3) is 0 Å². The van der Waals surface area contributed by atoms with Crippen molar-refractivity contribution in [2.24, 2.45) is 13.0 Å². The third kappa shape index (κ3) is 1.69. The molecule has 0 bridgehead atoms. The van der Waals surface area contributed by atoms with Gasteiger partial charge in [0.2, 0.25) is 0 Å². The number of hydrogen-bond acceptors (Lipinski definition) is 2. The Bertz CT molecular complexity index is 483. The highest BCUT2D eigenvalue weighted by Crippen LogP contribution is 2.25. The first-order valence-electron chi connectivity index (χ1n) is 5.29. The number of nitrogens with zero attached hydrogens (tertiary/aromatic N) is 2. The molecule has 0 aliphatic heterocycles. The molecule has 1 aromatic heterocycles. The molecule has 0 spiro atoms. The molecule has 15 heavy (non-hydrogen) atoms. The van der Waals surface area contributed by atoms with Crippen LogP contribution >= 0.6 is 0 Å². The van der Waals surface area contributed by atoms with Crippen LogP contribution in [-0.4, -0.2) is 9.78 Å². The first kappa shape index (κ1) is 10.0. The van der Waals surface area contributed by atoms with Crippen molar-refractivity contribution in [1.82, 2.24) is 9.78 Å². The highest BCUT2D eigenvalue weighted by Gasteiger charge is 2.12. The van der Waals surface area contributed by atoms with E-state index in [4.69, 9.17) is 5.73 Å². The van der Waals surface area contributed by atoms with Gasteiger partial charge in [-0.05, 0) is 24.5 Å². The highest BCUT2D eigenvalue weighted by atomic mass is 15.3. The van der Waals surface area contributed by atoms with Gasteiger partial charge in [0.05, 0.1) is 5.52 Å². The molecular formula is C12H17N3. The molecule has 0 amide bonds. The van der Waals surface area contributed by atoms with Gasteiger partial charge < -0.3 is 5.73 Å². The molecule has 0 saturated carbocycles. The Hall–Kier alpha value is -1.51. The van der Waals surface area contributed by atoms with Crippen molar-refractivity contribution in [2.75, 3.05) is 5.73 Å². The van der Waals surface area contributed by atoms with Crippen molar-refractivity contribution in [3.05, 3.63) is 23.9 Å². The zero-order chi connectivity index (χ0) is 11.0. The van der Waals surface area contributed by atoms with Crippen LogP contribution in [0.15, 0.2) is 18.2 Å². The summed E-state index contributed by atoms with van der Waals surface area (Å²) in [6.45, 7) is 4.41. The third-order valence-electron chi connectivity index (χ3n) is 2.61. The SMILES string of the molecule is CC(C)Cc1c2c(N)cccc2nn1C. The fourth-order valence-corrected chi connectivity index (χ4v) is 1.96. The number of aryl methyl sites for hydroxylation is 1. The summed E-state index contributed by atoms with van der Waals surface area (Å²) in [6, 6.07) is 5.90. The van der Waals surface area contributed by atoms with Crippen molar-refractivity contribution in [3.63, 3.8) is 0 Å². The smallest absolute Gasteiger partial charge is 0.0946 e. The lowest BCUT2D eigenvalue weighted by atomic mass is 10.0. The van der Waals surface area contributed by atoms with E-state index in [-0.39, 0.29) is 0 Å². The van der Waals surface area contributed by atoms with Crippen LogP contribution in [0, 0.1) is 5.92 Å². The molecule has 0 atom stereocenters. The van der Waals surface area contributed by atoms with Crippen LogP contribution in [-0.2, 0) is 13.5 Å². The molecule has 0 aliphatic carbocycles. The van der Waals surface area contributed by atoms with Gasteiger partial charge >= 0.3 is 0 Å². The minimum absolute atomic E-state index is 0.614. The molecule has 0 saturated heterocycles. The lowest BCUT2D eigenvalue weighted by Gasteiger charge is -2.06. The number of rotatable bonds is 2. The first-order chi connectivity index (χ1) is 7.09. The van der Waals surface area contributed by atoms with Gasteiger partial charge in [-0.3, -0.25) is 4.68 Å². The second kappa shape index (κ2) is 3.57. The fraction of sp³-hybridized carbons (Fsp3) is 0.417. The predicted molar refractivity (Wildman–Crippen MR) is 63.7 cm³/mol. The summed E-state index contributed by atoms with van der Waals surface area (Å²) in [6.07, 6.45) is 1.02. The number of nitrogen functional groups attached to an aromatic ring is 1. The normalized spacial score (nSPS) is 11.5. The van der Waals surface area contributed by atoms with Crippen LogP contribution in [0.4, 0.5) is 5.69 Å².